The Bertz CT molecular complexity index is 544. The van der Waals surface area contributed by atoms with E-state index in [4.69, 9.17) is 4.74 Å². The number of nitrogens with zero attached hydrogens (tertiary/aromatic N) is 2. The number of guanidine groups is 1. The summed E-state index contributed by atoms with van der Waals surface area (Å²) in [6, 6.07) is 8.66. The summed E-state index contributed by atoms with van der Waals surface area (Å²) in [5, 5.41) is 6.94. The molecule has 0 bridgehead atoms. The summed E-state index contributed by atoms with van der Waals surface area (Å²) in [5.41, 5.74) is 1.19. The van der Waals surface area contributed by atoms with Crippen LogP contribution >= 0.6 is 0 Å². The van der Waals surface area contributed by atoms with Gasteiger partial charge in [0.2, 0.25) is 0 Å². The lowest BCUT2D eigenvalue weighted by Crippen LogP contribution is -2.45. The monoisotopic (exact) mass is 332 g/mol. The first-order valence-electron chi connectivity index (χ1n) is 8.90. The van der Waals surface area contributed by atoms with E-state index in [1.807, 2.05) is 19.2 Å². The smallest absolute Gasteiger partial charge is 0.191 e. The molecule has 1 fully saturated rings. The zero-order valence-corrected chi connectivity index (χ0v) is 15.7. The van der Waals surface area contributed by atoms with Gasteiger partial charge in [0.05, 0.1) is 12.8 Å². The Hall–Kier alpha value is -1.91. The molecule has 0 amide bonds. The molecule has 0 spiro atoms. The van der Waals surface area contributed by atoms with Gasteiger partial charge in [-0.1, -0.05) is 26.0 Å². The lowest BCUT2D eigenvalue weighted by Gasteiger charge is -2.23. The van der Waals surface area contributed by atoms with E-state index in [0.717, 1.165) is 31.3 Å². The molecule has 2 unspecified atom stereocenters. The molecule has 1 aliphatic rings. The molecular weight excluding hydrogens is 300 g/mol. The van der Waals surface area contributed by atoms with Crippen molar-refractivity contribution in [3.05, 3.63) is 24.3 Å². The Morgan fingerprint density at radius 3 is 2.75 bits per heavy atom. The molecule has 1 saturated heterocycles. The van der Waals surface area contributed by atoms with Crippen LogP contribution in [-0.2, 0) is 0 Å². The van der Waals surface area contributed by atoms with E-state index in [1.165, 1.54) is 12.1 Å². The predicted molar refractivity (Wildman–Crippen MR) is 102 cm³/mol. The predicted octanol–water partition coefficient (Wildman–Crippen LogP) is 2.73. The second kappa shape index (κ2) is 8.81. The highest BCUT2D eigenvalue weighted by atomic mass is 16.5. The van der Waals surface area contributed by atoms with Crippen LogP contribution in [0.3, 0.4) is 0 Å². The van der Waals surface area contributed by atoms with Crippen molar-refractivity contribution in [2.45, 2.75) is 33.2 Å². The van der Waals surface area contributed by atoms with E-state index in [1.54, 1.807) is 7.11 Å². The van der Waals surface area contributed by atoms with Crippen LogP contribution in [0, 0.1) is 11.8 Å². The number of rotatable bonds is 6. The summed E-state index contributed by atoms with van der Waals surface area (Å²) >= 11 is 0. The van der Waals surface area contributed by atoms with Gasteiger partial charge in [-0.15, -0.1) is 0 Å². The number of methoxy groups -OCH3 is 1. The van der Waals surface area contributed by atoms with Gasteiger partial charge in [-0.3, -0.25) is 4.99 Å². The molecule has 2 atom stereocenters. The van der Waals surface area contributed by atoms with E-state index in [2.05, 4.69) is 53.4 Å². The molecule has 0 aromatic heterocycles. The maximum Gasteiger partial charge on any atom is 0.191 e. The Morgan fingerprint density at radius 2 is 2.08 bits per heavy atom. The first-order valence-corrected chi connectivity index (χ1v) is 8.90. The molecule has 1 aromatic rings. The highest BCUT2D eigenvalue weighted by molar-refractivity contribution is 5.79. The molecule has 1 heterocycles. The van der Waals surface area contributed by atoms with Crippen molar-refractivity contribution in [1.82, 2.24) is 10.6 Å². The fourth-order valence-corrected chi connectivity index (χ4v) is 2.93. The van der Waals surface area contributed by atoms with Crippen molar-refractivity contribution in [3.63, 3.8) is 0 Å². The summed E-state index contributed by atoms with van der Waals surface area (Å²) < 4.78 is 5.49. The second-order valence-electron chi connectivity index (χ2n) is 6.90. The molecule has 0 radical (unpaired) electrons. The van der Waals surface area contributed by atoms with Gasteiger partial charge in [-0.2, -0.15) is 0 Å². The van der Waals surface area contributed by atoms with Gasteiger partial charge in [0.1, 0.15) is 5.75 Å². The van der Waals surface area contributed by atoms with Crippen LogP contribution in [-0.4, -0.2) is 45.8 Å². The molecule has 1 aromatic carbocycles. The lowest BCUT2D eigenvalue weighted by molar-refractivity contribution is 0.414. The van der Waals surface area contributed by atoms with E-state index < -0.39 is 0 Å². The van der Waals surface area contributed by atoms with Crippen molar-refractivity contribution in [2.75, 3.05) is 38.7 Å². The molecule has 2 rings (SSSR count). The number of hydrogen-bond acceptors (Lipinski definition) is 3. The number of hydrogen-bond donors (Lipinski definition) is 2. The lowest BCUT2D eigenvalue weighted by atomic mass is 10.1. The van der Waals surface area contributed by atoms with E-state index in [0.29, 0.717) is 17.9 Å². The first-order chi connectivity index (χ1) is 11.5. The fraction of sp³-hybridized carbons (Fsp3) is 0.632. The summed E-state index contributed by atoms with van der Waals surface area (Å²) in [7, 11) is 3.57. The third-order valence-electron chi connectivity index (χ3n) is 4.86. The summed E-state index contributed by atoms with van der Waals surface area (Å²) in [4.78, 5) is 6.75. The highest BCUT2D eigenvalue weighted by Crippen LogP contribution is 2.31. The number of benzene rings is 1. The van der Waals surface area contributed by atoms with Crippen molar-refractivity contribution in [3.8, 4) is 5.75 Å². The Kier molecular flexibility index (Phi) is 6.76. The average molecular weight is 332 g/mol. The maximum atomic E-state index is 5.49. The van der Waals surface area contributed by atoms with Crippen molar-refractivity contribution in [1.29, 1.82) is 0 Å². The zero-order valence-electron chi connectivity index (χ0n) is 15.7. The van der Waals surface area contributed by atoms with Gasteiger partial charge >= 0.3 is 0 Å². The standard InChI is InChI=1S/C19H32N4O/c1-14(2)15(3)22-19(20-4)21-12-16-10-11-23(13-16)17-8-6-7-9-18(17)24-5/h6-9,14-16H,10-13H2,1-5H3,(H2,20,21,22). The Labute approximate surface area is 146 Å². The highest BCUT2D eigenvalue weighted by Gasteiger charge is 2.24. The molecule has 0 aliphatic carbocycles. The van der Waals surface area contributed by atoms with Crippen LogP contribution in [0.2, 0.25) is 0 Å². The maximum absolute atomic E-state index is 5.49. The molecule has 2 N–H and O–H groups in total. The fourth-order valence-electron chi connectivity index (χ4n) is 2.93. The third-order valence-corrected chi connectivity index (χ3v) is 4.86. The summed E-state index contributed by atoms with van der Waals surface area (Å²) in [6.45, 7) is 9.68. The van der Waals surface area contributed by atoms with Crippen LogP contribution in [0.5, 0.6) is 5.75 Å². The SMILES string of the molecule is CN=C(NCC1CCN(c2ccccc2OC)C1)NC(C)C(C)C. The summed E-state index contributed by atoms with van der Waals surface area (Å²) in [6.07, 6.45) is 1.18. The zero-order chi connectivity index (χ0) is 17.5. The minimum absolute atomic E-state index is 0.407. The largest absolute Gasteiger partial charge is 0.495 e. The minimum Gasteiger partial charge on any atom is -0.495 e. The van der Waals surface area contributed by atoms with E-state index >= 15 is 0 Å². The van der Waals surface area contributed by atoms with Crippen LogP contribution in [0.15, 0.2) is 29.3 Å². The molecule has 5 heteroatoms. The van der Waals surface area contributed by atoms with Crippen LogP contribution in [0.25, 0.3) is 0 Å². The van der Waals surface area contributed by atoms with Crippen molar-refractivity contribution >= 4 is 11.6 Å². The number of anilines is 1. The molecule has 24 heavy (non-hydrogen) atoms. The molecular formula is C19H32N4O. The van der Waals surface area contributed by atoms with Crippen LogP contribution in [0.4, 0.5) is 5.69 Å². The van der Waals surface area contributed by atoms with E-state index in [-0.39, 0.29) is 0 Å². The van der Waals surface area contributed by atoms with Gasteiger partial charge in [-0.05, 0) is 37.3 Å². The third kappa shape index (κ3) is 4.79. The second-order valence-corrected chi connectivity index (χ2v) is 6.90. The summed E-state index contributed by atoms with van der Waals surface area (Å²) in [5.74, 6) is 3.04. The van der Waals surface area contributed by atoms with Crippen molar-refractivity contribution in [2.24, 2.45) is 16.8 Å². The quantitative estimate of drug-likeness (QED) is 0.621. The van der Waals surface area contributed by atoms with Crippen molar-refractivity contribution < 1.29 is 4.74 Å². The number of nitrogens with one attached hydrogen (secondary N) is 2. The van der Waals surface area contributed by atoms with Crippen LogP contribution < -0.4 is 20.3 Å². The average Bonchev–Trinajstić information content (AvgIpc) is 3.06. The van der Waals surface area contributed by atoms with Gasteiger partial charge in [0, 0.05) is 32.7 Å². The molecule has 134 valence electrons. The number of para-hydroxylation sites is 2. The number of ether oxygens (including phenoxy) is 1. The van der Waals surface area contributed by atoms with Gasteiger partial charge in [0.25, 0.3) is 0 Å². The topological polar surface area (TPSA) is 48.9 Å². The van der Waals surface area contributed by atoms with Gasteiger partial charge in [0.15, 0.2) is 5.96 Å². The minimum atomic E-state index is 0.407. The number of aliphatic imine (C=N–C) groups is 1. The molecule has 1 aliphatic heterocycles. The molecule has 5 nitrogen and oxygen atoms in total. The van der Waals surface area contributed by atoms with Gasteiger partial charge in [-0.25, -0.2) is 0 Å². The van der Waals surface area contributed by atoms with Crippen LogP contribution in [0.1, 0.15) is 27.2 Å². The first kappa shape index (κ1) is 18.4. The van der Waals surface area contributed by atoms with E-state index in [9.17, 15) is 0 Å². The Balaban J connectivity index is 1.85. The molecule has 0 saturated carbocycles. The normalized spacial score (nSPS) is 19.5. The van der Waals surface area contributed by atoms with Gasteiger partial charge < -0.3 is 20.3 Å². The Morgan fingerprint density at radius 1 is 1.33 bits per heavy atom.